The Kier molecular flexibility index (Phi) is 9.22. The van der Waals surface area contributed by atoms with Crippen LogP contribution in [0, 0.1) is 34.6 Å². The molecule has 0 spiro atoms. The van der Waals surface area contributed by atoms with Crippen molar-refractivity contribution in [2.24, 2.45) is 0 Å². The van der Waals surface area contributed by atoms with E-state index in [4.69, 9.17) is 9.47 Å². The highest BCUT2D eigenvalue weighted by atomic mass is 35.5. The first-order valence-corrected chi connectivity index (χ1v) is 12.6. The van der Waals surface area contributed by atoms with E-state index >= 15 is 0 Å². The third kappa shape index (κ3) is 5.65. The van der Waals surface area contributed by atoms with Crippen LogP contribution in [0.1, 0.15) is 45.4 Å². The standard InChI is InChI=1S/C25H36N2O4S.ClH/c1-16-17(2)19(4)25(20(5)18(16)3)32(28,29)26-10-8-11-27-12-9-21-13-23(30-6)24(31-7)14-22(21)15-27;/h13-14,26H,8-12,15H2,1-7H3;1H. The van der Waals surface area contributed by atoms with Crippen molar-refractivity contribution in [2.75, 3.05) is 33.9 Å². The highest BCUT2D eigenvalue weighted by Gasteiger charge is 2.24. The number of methoxy groups -OCH3 is 2. The Labute approximate surface area is 205 Å². The molecule has 0 radical (unpaired) electrons. The normalized spacial score (nSPS) is 13.9. The van der Waals surface area contributed by atoms with Gasteiger partial charge in [0.1, 0.15) is 0 Å². The zero-order valence-electron chi connectivity index (χ0n) is 20.8. The molecular weight excluding hydrogens is 460 g/mol. The van der Waals surface area contributed by atoms with Crippen molar-refractivity contribution in [3.8, 4) is 11.5 Å². The number of ether oxygens (including phenoxy) is 2. The van der Waals surface area contributed by atoms with Crippen LogP contribution in [0.3, 0.4) is 0 Å². The molecule has 0 bridgehead atoms. The zero-order valence-corrected chi connectivity index (χ0v) is 22.4. The van der Waals surface area contributed by atoms with Gasteiger partial charge in [-0.1, -0.05) is 0 Å². The van der Waals surface area contributed by atoms with Gasteiger partial charge in [-0.25, -0.2) is 13.1 Å². The van der Waals surface area contributed by atoms with Crippen molar-refractivity contribution in [1.82, 2.24) is 9.62 Å². The summed E-state index contributed by atoms with van der Waals surface area (Å²) in [6.45, 7) is 12.9. The van der Waals surface area contributed by atoms with E-state index in [1.807, 2.05) is 27.7 Å². The van der Waals surface area contributed by atoms with E-state index in [1.165, 1.54) is 16.7 Å². The predicted octanol–water partition coefficient (Wildman–Crippen LogP) is 4.39. The van der Waals surface area contributed by atoms with Crippen molar-refractivity contribution in [2.45, 2.75) is 58.9 Å². The van der Waals surface area contributed by atoms with Crippen LogP contribution in [0.25, 0.3) is 0 Å². The van der Waals surface area contributed by atoms with E-state index in [9.17, 15) is 8.42 Å². The fourth-order valence-corrected chi connectivity index (χ4v) is 6.25. The third-order valence-corrected chi connectivity index (χ3v) is 8.67. The Balaban J connectivity index is 0.00000385. The van der Waals surface area contributed by atoms with Gasteiger partial charge in [0.15, 0.2) is 11.5 Å². The van der Waals surface area contributed by atoms with Gasteiger partial charge in [0.2, 0.25) is 10.0 Å². The second kappa shape index (κ2) is 11.1. The largest absolute Gasteiger partial charge is 0.493 e. The number of hydrogen-bond donors (Lipinski definition) is 1. The number of benzene rings is 2. The van der Waals surface area contributed by atoms with Crippen LogP contribution >= 0.6 is 12.4 Å². The average Bonchev–Trinajstić information content (AvgIpc) is 2.78. The van der Waals surface area contributed by atoms with Crippen LogP contribution in [0.2, 0.25) is 0 Å². The van der Waals surface area contributed by atoms with Crippen molar-refractivity contribution in [1.29, 1.82) is 0 Å². The van der Waals surface area contributed by atoms with Crippen molar-refractivity contribution in [3.05, 3.63) is 51.1 Å². The van der Waals surface area contributed by atoms with Gasteiger partial charge < -0.3 is 9.47 Å². The minimum Gasteiger partial charge on any atom is -0.493 e. The Bertz CT molecular complexity index is 1090. The van der Waals surface area contributed by atoms with Gasteiger partial charge in [-0.15, -0.1) is 12.4 Å². The molecular formula is C25H37ClN2O4S. The molecule has 0 amide bonds. The van der Waals surface area contributed by atoms with E-state index in [1.54, 1.807) is 14.2 Å². The van der Waals surface area contributed by atoms with Crippen LogP contribution in [0.15, 0.2) is 17.0 Å². The number of nitrogens with zero attached hydrogens (tertiary/aromatic N) is 1. The van der Waals surface area contributed by atoms with Crippen molar-refractivity contribution in [3.63, 3.8) is 0 Å². The number of fused-ring (bicyclic) bond motifs is 1. The molecule has 33 heavy (non-hydrogen) atoms. The Morgan fingerprint density at radius 3 is 1.94 bits per heavy atom. The van der Waals surface area contributed by atoms with Crippen molar-refractivity contribution >= 4 is 22.4 Å². The van der Waals surface area contributed by atoms with Crippen LogP contribution < -0.4 is 14.2 Å². The number of halogens is 1. The van der Waals surface area contributed by atoms with Gasteiger partial charge >= 0.3 is 0 Å². The number of hydrogen-bond acceptors (Lipinski definition) is 5. The maximum atomic E-state index is 13.1. The van der Waals surface area contributed by atoms with Gasteiger partial charge in [-0.2, -0.15) is 0 Å². The highest BCUT2D eigenvalue weighted by Crippen LogP contribution is 2.33. The molecule has 0 fully saturated rings. The van der Waals surface area contributed by atoms with Gasteiger partial charge in [0.05, 0.1) is 19.1 Å². The number of sulfonamides is 1. The fraction of sp³-hybridized carbons (Fsp3) is 0.520. The Morgan fingerprint density at radius 2 is 1.39 bits per heavy atom. The molecule has 0 saturated heterocycles. The molecule has 2 aromatic carbocycles. The molecule has 0 aliphatic carbocycles. The fourth-order valence-electron chi connectivity index (χ4n) is 4.58. The summed E-state index contributed by atoms with van der Waals surface area (Å²) in [4.78, 5) is 2.80. The summed E-state index contributed by atoms with van der Waals surface area (Å²) in [5.41, 5.74) is 7.48. The summed E-state index contributed by atoms with van der Waals surface area (Å²) in [7, 11) is -0.245. The lowest BCUT2D eigenvalue weighted by atomic mass is 9.95. The molecule has 1 heterocycles. The SMILES string of the molecule is COc1cc2c(cc1OC)CN(CCCNS(=O)(=O)c1c(C)c(C)c(C)c(C)c1C)CC2.Cl. The molecule has 1 N–H and O–H groups in total. The second-order valence-corrected chi connectivity index (χ2v) is 10.4. The molecule has 0 unspecified atom stereocenters. The van der Waals surface area contributed by atoms with Gasteiger partial charge in [0, 0.05) is 19.6 Å². The first kappa shape index (κ1) is 27.4. The maximum Gasteiger partial charge on any atom is 0.241 e. The molecule has 6 nitrogen and oxygen atoms in total. The lowest BCUT2D eigenvalue weighted by Gasteiger charge is -2.29. The average molecular weight is 497 g/mol. The van der Waals surface area contributed by atoms with Gasteiger partial charge in [-0.3, -0.25) is 4.90 Å². The highest BCUT2D eigenvalue weighted by molar-refractivity contribution is 7.89. The molecule has 1 aliphatic rings. The molecule has 1 aliphatic heterocycles. The summed E-state index contributed by atoms with van der Waals surface area (Å²) in [5, 5.41) is 0. The topological polar surface area (TPSA) is 67.9 Å². The smallest absolute Gasteiger partial charge is 0.241 e. The van der Waals surface area contributed by atoms with Crippen molar-refractivity contribution < 1.29 is 17.9 Å². The van der Waals surface area contributed by atoms with E-state index < -0.39 is 10.0 Å². The summed E-state index contributed by atoms with van der Waals surface area (Å²) >= 11 is 0. The van der Waals surface area contributed by atoms with Gasteiger partial charge in [-0.05, 0) is 105 Å². The monoisotopic (exact) mass is 496 g/mol. The molecule has 3 rings (SSSR count). The van der Waals surface area contributed by atoms with Crippen LogP contribution in [0.4, 0.5) is 0 Å². The van der Waals surface area contributed by atoms with Crippen LogP contribution in [-0.2, 0) is 23.0 Å². The molecule has 0 aromatic heterocycles. The van der Waals surface area contributed by atoms with E-state index in [0.717, 1.165) is 66.2 Å². The molecule has 0 atom stereocenters. The second-order valence-electron chi connectivity index (χ2n) is 8.71. The lowest BCUT2D eigenvalue weighted by molar-refractivity contribution is 0.250. The third-order valence-electron chi connectivity index (χ3n) is 6.94. The first-order valence-electron chi connectivity index (χ1n) is 11.1. The summed E-state index contributed by atoms with van der Waals surface area (Å²) < 4.78 is 39.9. The molecule has 0 saturated carbocycles. The van der Waals surface area contributed by atoms with Crippen LogP contribution in [-0.4, -0.2) is 47.2 Å². The molecule has 2 aromatic rings. The van der Waals surface area contributed by atoms with E-state index in [0.29, 0.717) is 11.4 Å². The number of rotatable bonds is 8. The molecule has 184 valence electrons. The minimum absolute atomic E-state index is 0. The Hall–Kier alpha value is -1.80. The minimum atomic E-state index is -3.55. The Morgan fingerprint density at radius 1 is 0.879 bits per heavy atom. The van der Waals surface area contributed by atoms with E-state index in [2.05, 4.69) is 28.7 Å². The maximum absolute atomic E-state index is 13.1. The van der Waals surface area contributed by atoms with Crippen LogP contribution in [0.5, 0.6) is 11.5 Å². The van der Waals surface area contributed by atoms with Gasteiger partial charge in [0.25, 0.3) is 0 Å². The van der Waals surface area contributed by atoms with E-state index in [-0.39, 0.29) is 12.4 Å². The zero-order chi connectivity index (χ0) is 23.6. The quantitative estimate of drug-likeness (QED) is 0.549. The number of nitrogens with one attached hydrogen (secondary N) is 1. The predicted molar refractivity (Wildman–Crippen MR) is 136 cm³/mol. The molecule has 8 heteroatoms. The summed E-state index contributed by atoms with van der Waals surface area (Å²) in [6, 6.07) is 4.12. The summed E-state index contributed by atoms with van der Waals surface area (Å²) in [6.07, 6.45) is 1.70. The lowest BCUT2D eigenvalue weighted by Crippen LogP contribution is -2.34. The summed E-state index contributed by atoms with van der Waals surface area (Å²) in [5.74, 6) is 1.51. The first-order chi connectivity index (χ1) is 15.1.